The molecule has 0 saturated carbocycles. The largest absolute Gasteiger partial charge is 0.497 e. The van der Waals surface area contributed by atoms with Crippen LogP contribution >= 0.6 is 0 Å². The molecular formula is C24H23N3O6. The Morgan fingerprint density at radius 2 is 1.88 bits per heavy atom. The van der Waals surface area contributed by atoms with E-state index in [0.717, 1.165) is 5.56 Å². The molecule has 0 bridgehead atoms. The van der Waals surface area contributed by atoms with Crippen LogP contribution in [0.3, 0.4) is 0 Å². The molecule has 0 spiro atoms. The number of para-hydroxylation sites is 2. The number of carbonyl (C=O) groups excluding carboxylic acids is 2. The van der Waals surface area contributed by atoms with E-state index in [9.17, 15) is 14.4 Å². The number of amides is 2. The predicted molar refractivity (Wildman–Crippen MR) is 121 cm³/mol. The first-order chi connectivity index (χ1) is 15.9. The van der Waals surface area contributed by atoms with Crippen LogP contribution in [0.15, 0.2) is 60.7 Å². The molecule has 0 aliphatic carbocycles. The highest BCUT2D eigenvalue weighted by atomic mass is 16.5. The third-order valence-electron chi connectivity index (χ3n) is 5.26. The molecular weight excluding hydrogens is 426 g/mol. The second kappa shape index (κ2) is 9.47. The standard InChI is InChI=1S/C24H23N3O6/c1-32-17-10-6-15(7-11-17)19-12-8-16(9-13-23(29)30)27(19)26-22(28)14-21-24(31)25-18-4-2-3-5-20(18)33-21/h2-8,10-12,21H,9,13-14H2,1H3,(H,25,31)(H,26,28)(H,29,30)/t21-/m1/s1. The number of rotatable bonds is 8. The molecule has 170 valence electrons. The lowest BCUT2D eigenvalue weighted by Gasteiger charge is -2.25. The summed E-state index contributed by atoms with van der Waals surface area (Å²) in [5.74, 6) is -0.606. The number of methoxy groups -OCH3 is 1. The molecule has 0 fully saturated rings. The molecule has 3 N–H and O–H groups in total. The average Bonchev–Trinajstić information content (AvgIpc) is 3.20. The van der Waals surface area contributed by atoms with Crippen LogP contribution in [0.4, 0.5) is 5.69 Å². The van der Waals surface area contributed by atoms with Gasteiger partial charge in [0.1, 0.15) is 11.5 Å². The molecule has 1 atom stereocenters. The van der Waals surface area contributed by atoms with Crippen molar-refractivity contribution in [1.82, 2.24) is 4.68 Å². The Hall–Kier alpha value is -4.27. The Bertz CT molecular complexity index is 1190. The minimum Gasteiger partial charge on any atom is -0.497 e. The van der Waals surface area contributed by atoms with Crippen molar-refractivity contribution in [2.24, 2.45) is 0 Å². The zero-order valence-electron chi connectivity index (χ0n) is 17.9. The third kappa shape index (κ3) is 4.98. The van der Waals surface area contributed by atoms with E-state index in [2.05, 4.69) is 10.7 Å². The Morgan fingerprint density at radius 1 is 1.12 bits per heavy atom. The summed E-state index contributed by atoms with van der Waals surface area (Å²) in [6, 6.07) is 17.8. The average molecular weight is 449 g/mol. The molecule has 1 aromatic heterocycles. The minimum absolute atomic E-state index is 0.0904. The quantitative estimate of drug-likeness (QED) is 0.486. The summed E-state index contributed by atoms with van der Waals surface area (Å²) in [6.07, 6.45) is -1.06. The summed E-state index contributed by atoms with van der Waals surface area (Å²) < 4.78 is 12.5. The second-order valence-electron chi connectivity index (χ2n) is 7.50. The number of hydrogen-bond donors (Lipinski definition) is 3. The van der Waals surface area contributed by atoms with Crippen LogP contribution in [0.25, 0.3) is 11.3 Å². The summed E-state index contributed by atoms with van der Waals surface area (Å²) in [4.78, 5) is 36.4. The fourth-order valence-electron chi connectivity index (χ4n) is 3.59. The first kappa shape index (κ1) is 21.9. The van der Waals surface area contributed by atoms with Gasteiger partial charge in [0.05, 0.1) is 31.3 Å². The minimum atomic E-state index is -0.984. The van der Waals surface area contributed by atoms with E-state index in [1.165, 1.54) is 0 Å². The zero-order valence-corrected chi connectivity index (χ0v) is 17.9. The highest BCUT2D eigenvalue weighted by Crippen LogP contribution is 2.30. The maximum atomic E-state index is 12.9. The smallest absolute Gasteiger partial charge is 0.303 e. The van der Waals surface area contributed by atoms with Gasteiger partial charge >= 0.3 is 5.97 Å². The number of benzene rings is 2. The number of hydrogen-bond acceptors (Lipinski definition) is 5. The number of carbonyl (C=O) groups is 3. The maximum Gasteiger partial charge on any atom is 0.303 e. The van der Waals surface area contributed by atoms with E-state index in [4.69, 9.17) is 14.6 Å². The van der Waals surface area contributed by atoms with Crippen molar-refractivity contribution in [2.45, 2.75) is 25.4 Å². The molecule has 3 aromatic rings. The van der Waals surface area contributed by atoms with Crippen molar-refractivity contribution in [3.05, 3.63) is 66.4 Å². The van der Waals surface area contributed by atoms with Gasteiger partial charge in [-0.3, -0.25) is 24.5 Å². The van der Waals surface area contributed by atoms with Gasteiger partial charge in [0.25, 0.3) is 5.91 Å². The molecule has 2 aromatic carbocycles. The van der Waals surface area contributed by atoms with Crippen molar-refractivity contribution in [3.63, 3.8) is 0 Å². The summed E-state index contributed by atoms with van der Waals surface area (Å²) in [6.45, 7) is 0. The van der Waals surface area contributed by atoms with E-state index < -0.39 is 23.9 Å². The normalized spacial score (nSPS) is 14.6. The monoisotopic (exact) mass is 449 g/mol. The van der Waals surface area contributed by atoms with E-state index in [-0.39, 0.29) is 19.3 Å². The number of fused-ring (bicyclic) bond motifs is 1. The van der Waals surface area contributed by atoms with Gasteiger partial charge in [0.2, 0.25) is 5.91 Å². The number of carboxylic acids is 1. The fraction of sp³-hybridized carbons (Fsp3) is 0.208. The van der Waals surface area contributed by atoms with Crippen LogP contribution in [0.5, 0.6) is 11.5 Å². The number of aliphatic carboxylic acids is 1. The maximum absolute atomic E-state index is 12.9. The molecule has 33 heavy (non-hydrogen) atoms. The molecule has 9 heteroatoms. The molecule has 1 aliphatic rings. The van der Waals surface area contributed by atoms with Gasteiger partial charge < -0.3 is 19.9 Å². The van der Waals surface area contributed by atoms with Crippen molar-refractivity contribution < 1.29 is 29.0 Å². The van der Waals surface area contributed by atoms with E-state index in [0.29, 0.717) is 28.6 Å². The number of carboxylic acid groups (broad SMARTS) is 1. The molecule has 0 unspecified atom stereocenters. The summed E-state index contributed by atoms with van der Waals surface area (Å²) >= 11 is 0. The van der Waals surface area contributed by atoms with Crippen molar-refractivity contribution in [2.75, 3.05) is 17.9 Å². The lowest BCUT2D eigenvalue weighted by molar-refractivity contribution is -0.137. The molecule has 9 nitrogen and oxygen atoms in total. The third-order valence-corrected chi connectivity index (χ3v) is 5.26. The van der Waals surface area contributed by atoms with Gasteiger partial charge in [-0.25, -0.2) is 0 Å². The van der Waals surface area contributed by atoms with Crippen LogP contribution in [0, 0.1) is 0 Å². The fourth-order valence-corrected chi connectivity index (χ4v) is 3.59. The van der Waals surface area contributed by atoms with Crippen molar-refractivity contribution >= 4 is 23.5 Å². The predicted octanol–water partition coefficient (Wildman–Crippen LogP) is 3.04. The Morgan fingerprint density at radius 3 is 2.61 bits per heavy atom. The Kier molecular flexibility index (Phi) is 6.30. The molecule has 2 heterocycles. The van der Waals surface area contributed by atoms with Gasteiger partial charge in [-0.2, -0.15) is 0 Å². The first-order valence-electron chi connectivity index (χ1n) is 10.4. The van der Waals surface area contributed by atoms with Gasteiger partial charge in [-0.15, -0.1) is 0 Å². The van der Waals surface area contributed by atoms with Crippen LogP contribution in [0.2, 0.25) is 0 Å². The number of aromatic nitrogens is 1. The zero-order chi connectivity index (χ0) is 23.4. The Balaban J connectivity index is 1.55. The van der Waals surface area contributed by atoms with E-state index in [1.807, 2.05) is 12.1 Å². The number of nitrogens with zero attached hydrogens (tertiary/aromatic N) is 1. The number of aryl methyl sites for hydroxylation is 1. The van der Waals surface area contributed by atoms with Crippen LogP contribution in [-0.2, 0) is 20.8 Å². The van der Waals surface area contributed by atoms with Gasteiger partial charge in [0, 0.05) is 17.7 Å². The van der Waals surface area contributed by atoms with Crippen LogP contribution in [-0.4, -0.2) is 40.8 Å². The van der Waals surface area contributed by atoms with Gasteiger partial charge in [0.15, 0.2) is 6.10 Å². The number of anilines is 1. The summed E-state index contributed by atoms with van der Waals surface area (Å²) in [7, 11) is 1.57. The molecule has 0 saturated heterocycles. The summed E-state index contributed by atoms with van der Waals surface area (Å²) in [5, 5.41) is 11.8. The highest BCUT2D eigenvalue weighted by Gasteiger charge is 2.30. The van der Waals surface area contributed by atoms with E-state index >= 15 is 0 Å². The number of ether oxygens (including phenoxy) is 2. The molecule has 4 rings (SSSR count). The van der Waals surface area contributed by atoms with Gasteiger partial charge in [-0.05, 0) is 48.5 Å². The SMILES string of the molecule is COc1ccc(-c2ccc(CCC(=O)O)n2NC(=O)C[C@H]2Oc3ccccc3NC2=O)cc1. The lowest BCUT2D eigenvalue weighted by atomic mass is 10.1. The van der Waals surface area contributed by atoms with Crippen molar-refractivity contribution in [3.8, 4) is 22.8 Å². The molecule has 2 amide bonds. The second-order valence-corrected chi connectivity index (χ2v) is 7.50. The molecule has 1 aliphatic heterocycles. The van der Waals surface area contributed by atoms with Crippen LogP contribution in [0.1, 0.15) is 18.5 Å². The molecule has 0 radical (unpaired) electrons. The first-order valence-corrected chi connectivity index (χ1v) is 10.4. The highest BCUT2D eigenvalue weighted by molar-refractivity contribution is 6.00. The lowest BCUT2D eigenvalue weighted by Crippen LogP contribution is -2.40. The van der Waals surface area contributed by atoms with Gasteiger partial charge in [-0.1, -0.05) is 12.1 Å². The number of nitrogens with one attached hydrogen (secondary N) is 2. The topological polar surface area (TPSA) is 119 Å². The van der Waals surface area contributed by atoms with Crippen LogP contribution < -0.4 is 20.2 Å². The van der Waals surface area contributed by atoms with Crippen molar-refractivity contribution in [1.29, 1.82) is 0 Å². The summed E-state index contributed by atoms with van der Waals surface area (Å²) in [5.41, 5.74) is 5.45. The Labute approximate surface area is 189 Å². The van der Waals surface area contributed by atoms with E-state index in [1.54, 1.807) is 60.3 Å².